The molecule has 6 nitrogen and oxygen atoms in total. The van der Waals surface area contributed by atoms with Crippen LogP contribution in [0, 0.1) is 13.8 Å². The van der Waals surface area contributed by atoms with Crippen LogP contribution in [0.4, 0.5) is 5.69 Å². The van der Waals surface area contributed by atoms with Crippen molar-refractivity contribution in [2.24, 2.45) is 5.10 Å². The van der Waals surface area contributed by atoms with Gasteiger partial charge >= 0.3 is 11.8 Å². The second-order valence-electron chi connectivity index (χ2n) is 7.02. The number of carbonyl (C=O) groups is 2. The number of rotatable bonds is 6. The lowest BCUT2D eigenvalue weighted by Gasteiger charge is -2.07. The van der Waals surface area contributed by atoms with Crippen molar-refractivity contribution in [3.8, 4) is 5.75 Å². The Morgan fingerprint density at radius 3 is 2.39 bits per heavy atom. The first-order valence-corrected chi connectivity index (χ1v) is 9.97. The highest BCUT2D eigenvalue weighted by molar-refractivity contribution is 6.39. The third kappa shape index (κ3) is 6.97. The number of aryl methyl sites for hydroxylation is 2. The molecule has 0 heterocycles. The van der Waals surface area contributed by atoms with Crippen LogP contribution in [-0.4, -0.2) is 18.0 Å². The van der Waals surface area contributed by atoms with Crippen molar-refractivity contribution in [1.82, 2.24) is 5.43 Å². The van der Waals surface area contributed by atoms with Crippen LogP contribution in [0.15, 0.2) is 71.8 Å². The first kappa shape index (κ1) is 22.1. The molecule has 0 fully saturated rings. The van der Waals surface area contributed by atoms with Gasteiger partial charge in [-0.1, -0.05) is 41.9 Å². The SMILES string of the molecule is Cc1cc(C)cc(NC(=O)C(=O)N/N=C/c2cccc(OCc3ccc(Cl)cc3)c2)c1. The first-order chi connectivity index (χ1) is 14.9. The molecule has 158 valence electrons. The van der Waals surface area contributed by atoms with Gasteiger partial charge in [0.05, 0.1) is 6.21 Å². The number of hydrogen-bond acceptors (Lipinski definition) is 4. The lowest BCUT2D eigenvalue weighted by molar-refractivity contribution is -0.136. The third-order valence-corrected chi connectivity index (χ3v) is 4.49. The predicted octanol–water partition coefficient (Wildman–Crippen LogP) is 4.62. The summed E-state index contributed by atoms with van der Waals surface area (Å²) in [5.41, 5.74) is 6.48. The molecule has 0 bridgehead atoms. The van der Waals surface area contributed by atoms with Gasteiger partial charge in [-0.3, -0.25) is 9.59 Å². The Morgan fingerprint density at radius 1 is 0.968 bits per heavy atom. The van der Waals surface area contributed by atoms with Crippen LogP contribution in [0.3, 0.4) is 0 Å². The molecule has 3 aromatic carbocycles. The number of carbonyl (C=O) groups excluding carboxylic acids is 2. The molecule has 0 saturated heterocycles. The number of benzene rings is 3. The molecule has 2 N–H and O–H groups in total. The van der Waals surface area contributed by atoms with Gasteiger partial charge in [0.1, 0.15) is 12.4 Å². The number of ether oxygens (including phenoxy) is 1. The van der Waals surface area contributed by atoms with E-state index in [-0.39, 0.29) is 0 Å². The molecule has 3 rings (SSSR count). The maximum atomic E-state index is 12.0. The second kappa shape index (κ2) is 10.4. The lowest BCUT2D eigenvalue weighted by Crippen LogP contribution is -2.32. The molecule has 31 heavy (non-hydrogen) atoms. The van der Waals surface area contributed by atoms with Gasteiger partial charge in [-0.15, -0.1) is 0 Å². The van der Waals surface area contributed by atoms with Gasteiger partial charge in [-0.25, -0.2) is 5.43 Å². The van der Waals surface area contributed by atoms with Gasteiger partial charge in [0.25, 0.3) is 0 Å². The molecule has 0 unspecified atom stereocenters. The van der Waals surface area contributed by atoms with E-state index in [9.17, 15) is 9.59 Å². The highest BCUT2D eigenvalue weighted by Crippen LogP contribution is 2.16. The topological polar surface area (TPSA) is 79.8 Å². The molecule has 0 aromatic heterocycles. The molecule has 0 atom stereocenters. The zero-order valence-corrected chi connectivity index (χ0v) is 17.9. The van der Waals surface area contributed by atoms with Gasteiger partial charge in [-0.2, -0.15) is 5.10 Å². The summed E-state index contributed by atoms with van der Waals surface area (Å²) in [6.07, 6.45) is 1.44. The molecule has 0 aliphatic rings. The fourth-order valence-corrected chi connectivity index (χ4v) is 3.01. The van der Waals surface area contributed by atoms with E-state index in [1.54, 1.807) is 24.3 Å². The standard InChI is InChI=1S/C24H22ClN3O3/c1-16-10-17(2)12-21(11-16)27-23(29)24(30)28-26-14-19-4-3-5-22(13-19)31-15-18-6-8-20(25)9-7-18/h3-14H,15H2,1-2H3,(H,27,29)(H,28,30)/b26-14+. The minimum atomic E-state index is -0.856. The smallest absolute Gasteiger partial charge is 0.329 e. The van der Waals surface area contributed by atoms with Crippen molar-refractivity contribution in [3.63, 3.8) is 0 Å². The summed E-state index contributed by atoms with van der Waals surface area (Å²) >= 11 is 5.88. The molecular weight excluding hydrogens is 414 g/mol. The zero-order chi connectivity index (χ0) is 22.2. The lowest BCUT2D eigenvalue weighted by atomic mass is 10.1. The number of nitrogens with one attached hydrogen (secondary N) is 2. The largest absolute Gasteiger partial charge is 0.489 e. The fraction of sp³-hybridized carbons (Fsp3) is 0.125. The average molecular weight is 436 g/mol. The summed E-state index contributed by atoms with van der Waals surface area (Å²) in [6, 6.07) is 20.2. The van der Waals surface area contributed by atoms with Crippen LogP contribution < -0.4 is 15.5 Å². The number of amides is 2. The van der Waals surface area contributed by atoms with Gasteiger partial charge in [0.15, 0.2) is 0 Å². The Kier molecular flexibility index (Phi) is 7.40. The van der Waals surface area contributed by atoms with Gasteiger partial charge in [0.2, 0.25) is 0 Å². The summed E-state index contributed by atoms with van der Waals surface area (Å²) in [5.74, 6) is -0.995. The Bertz CT molecular complexity index is 1090. The molecular formula is C24H22ClN3O3. The van der Waals surface area contributed by atoms with Crippen LogP contribution in [0.5, 0.6) is 5.75 Å². The summed E-state index contributed by atoms with van der Waals surface area (Å²) in [6.45, 7) is 4.23. The molecule has 0 radical (unpaired) electrons. The van der Waals surface area contributed by atoms with E-state index in [0.29, 0.717) is 28.6 Å². The Balaban J connectivity index is 1.52. The van der Waals surface area contributed by atoms with E-state index >= 15 is 0 Å². The second-order valence-corrected chi connectivity index (χ2v) is 7.45. The van der Waals surface area contributed by atoms with Gasteiger partial charge in [-0.05, 0) is 72.5 Å². The van der Waals surface area contributed by atoms with Gasteiger partial charge < -0.3 is 10.1 Å². The number of hydrogen-bond donors (Lipinski definition) is 2. The number of anilines is 1. The Morgan fingerprint density at radius 2 is 1.68 bits per heavy atom. The fourth-order valence-electron chi connectivity index (χ4n) is 2.88. The molecule has 2 amide bonds. The molecule has 0 aliphatic carbocycles. The Labute approximate surface area is 185 Å². The first-order valence-electron chi connectivity index (χ1n) is 9.59. The maximum Gasteiger partial charge on any atom is 0.329 e. The molecule has 7 heteroatoms. The van der Waals surface area contributed by atoms with E-state index in [1.807, 2.05) is 56.3 Å². The van der Waals surface area contributed by atoms with E-state index in [2.05, 4.69) is 15.8 Å². The minimum absolute atomic E-state index is 0.396. The zero-order valence-electron chi connectivity index (χ0n) is 17.2. The van der Waals surface area contributed by atoms with Gasteiger partial charge in [0, 0.05) is 10.7 Å². The number of hydrazone groups is 1. The molecule has 0 spiro atoms. The third-order valence-electron chi connectivity index (χ3n) is 4.24. The highest BCUT2D eigenvalue weighted by Gasteiger charge is 2.13. The Hall–Kier alpha value is -3.64. The maximum absolute atomic E-state index is 12.0. The summed E-state index contributed by atoms with van der Waals surface area (Å²) in [5, 5.41) is 7.09. The monoisotopic (exact) mass is 435 g/mol. The summed E-state index contributed by atoms with van der Waals surface area (Å²) < 4.78 is 5.77. The molecule has 3 aromatic rings. The van der Waals surface area contributed by atoms with Crippen molar-refractivity contribution in [1.29, 1.82) is 0 Å². The van der Waals surface area contributed by atoms with Crippen LogP contribution in [0.25, 0.3) is 0 Å². The van der Waals surface area contributed by atoms with E-state index < -0.39 is 11.8 Å². The van der Waals surface area contributed by atoms with Crippen molar-refractivity contribution < 1.29 is 14.3 Å². The van der Waals surface area contributed by atoms with Crippen molar-refractivity contribution >= 4 is 35.3 Å². The van der Waals surface area contributed by atoms with E-state index in [4.69, 9.17) is 16.3 Å². The van der Waals surface area contributed by atoms with E-state index in [0.717, 1.165) is 16.7 Å². The highest BCUT2D eigenvalue weighted by atomic mass is 35.5. The summed E-state index contributed by atoms with van der Waals surface area (Å²) in [4.78, 5) is 24.0. The van der Waals surface area contributed by atoms with E-state index in [1.165, 1.54) is 6.21 Å². The van der Waals surface area contributed by atoms with Crippen molar-refractivity contribution in [3.05, 3.63) is 94.0 Å². The molecule has 0 aliphatic heterocycles. The van der Waals surface area contributed by atoms with Crippen molar-refractivity contribution in [2.45, 2.75) is 20.5 Å². The van der Waals surface area contributed by atoms with Crippen LogP contribution >= 0.6 is 11.6 Å². The molecule has 0 saturated carbocycles. The quantitative estimate of drug-likeness (QED) is 0.336. The van der Waals surface area contributed by atoms with Crippen LogP contribution in [0.1, 0.15) is 22.3 Å². The van der Waals surface area contributed by atoms with Crippen LogP contribution in [0.2, 0.25) is 5.02 Å². The summed E-state index contributed by atoms with van der Waals surface area (Å²) in [7, 11) is 0. The number of nitrogens with zero attached hydrogens (tertiary/aromatic N) is 1. The number of halogens is 1. The predicted molar refractivity (Wildman–Crippen MR) is 123 cm³/mol. The minimum Gasteiger partial charge on any atom is -0.489 e. The average Bonchev–Trinajstić information content (AvgIpc) is 2.73. The van der Waals surface area contributed by atoms with Crippen molar-refractivity contribution in [2.75, 3.05) is 5.32 Å². The normalized spacial score (nSPS) is 10.7. The van der Waals surface area contributed by atoms with Crippen LogP contribution in [-0.2, 0) is 16.2 Å².